The van der Waals surface area contributed by atoms with E-state index in [2.05, 4.69) is 20.3 Å². The smallest absolute Gasteiger partial charge is 0.156 e. The van der Waals surface area contributed by atoms with Gasteiger partial charge in [-0.05, 0) is 36.8 Å². The Balaban J connectivity index is 1.57. The molecule has 162 valence electrons. The molecular formula is C22H18F2N6OS. The average Bonchev–Trinajstić information content (AvgIpc) is 3.55. The third-order valence-electron chi connectivity index (χ3n) is 6.11. The number of amidine groups is 1. The largest absolute Gasteiger partial charge is 0.395 e. The number of nitrogens with two attached hydrogens (primary N) is 1. The first kappa shape index (κ1) is 20.6. The van der Waals surface area contributed by atoms with Crippen molar-refractivity contribution in [3.63, 3.8) is 0 Å². The number of nitrogens with one attached hydrogen (secondary N) is 1. The lowest BCUT2D eigenvalue weighted by atomic mass is 9.84. The molecule has 4 N–H and O–H groups in total. The Morgan fingerprint density at radius 1 is 1.31 bits per heavy atom. The zero-order valence-electron chi connectivity index (χ0n) is 16.7. The van der Waals surface area contributed by atoms with E-state index in [-0.39, 0.29) is 23.3 Å². The Morgan fingerprint density at radius 2 is 2.16 bits per heavy atom. The van der Waals surface area contributed by atoms with Crippen molar-refractivity contribution in [2.24, 2.45) is 16.6 Å². The van der Waals surface area contributed by atoms with Crippen molar-refractivity contribution in [3.8, 4) is 6.07 Å². The highest BCUT2D eigenvalue weighted by Gasteiger charge is 2.68. The van der Waals surface area contributed by atoms with Gasteiger partial charge in [-0.2, -0.15) is 5.26 Å². The number of hydrogen-bond donors (Lipinski definition) is 3. The van der Waals surface area contributed by atoms with Gasteiger partial charge in [0.2, 0.25) is 0 Å². The van der Waals surface area contributed by atoms with Crippen molar-refractivity contribution in [2.45, 2.75) is 16.7 Å². The Kier molecular flexibility index (Phi) is 4.76. The van der Waals surface area contributed by atoms with E-state index in [1.807, 2.05) is 6.07 Å². The molecule has 7 nitrogen and oxygen atoms in total. The molecule has 0 bridgehead atoms. The van der Waals surface area contributed by atoms with Crippen LogP contribution >= 0.6 is 11.8 Å². The Morgan fingerprint density at radius 3 is 2.91 bits per heavy atom. The van der Waals surface area contributed by atoms with Crippen LogP contribution in [-0.4, -0.2) is 38.3 Å². The summed E-state index contributed by atoms with van der Waals surface area (Å²) < 4.78 is 28.9. The fraction of sp³-hybridized carbons (Fsp3) is 0.273. The lowest BCUT2D eigenvalue weighted by Crippen LogP contribution is -2.41. The number of alkyl halides is 1. The van der Waals surface area contributed by atoms with Crippen molar-refractivity contribution in [1.82, 2.24) is 9.97 Å². The number of anilines is 2. The standard InChI is InChI=1S/C22H18F2N6OS/c23-10-22(17-7-21(17,11-31)32-20(26)30-22)15-6-14(1-2-16(15)24)29-19-18-13(3-4-27-19)5-12(8-25)9-28-18/h1-6,9,17,31H,7,10-11H2,(H2,26,30)(H,27,29)/t17?,21-,22+/m0/s1. The van der Waals surface area contributed by atoms with Gasteiger partial charge < -0.3 is 16.2 Å². The number of thioether (sulfide) groups is 1. The van der Waals surface area contributed by atoms with Gasteiger partial charge in [-0.1, -0.05) is 11.8 Å². The summed E-state index contributed by atoms with van der Waals surface area (Å²) in [5, 5.41) is 22.9. The molecule has 1 aliphatic heterocycles. The first-order valence-electron chi connectivity index (χ1n) is 9.88. The molecule has 3 aromatic rings. The van der Waals surface area contributed by atoms with Crippen LogP contribution in [0.1, 0.15) is 17.5 Å². The van der Waals surface area contributed by atoms with Gasteiger partial charge in [-0.3, -0.25) is 4.98 Å². The molecule has 1 aromatic carbocycles. The van der Waals surface area contributed by atoms with Gasteiger partial charge >= 0.3 is 0 Å². The number of aliphatic hydroxyl groups excluding tert-OH is 1. The number of benzene rings is 1. The molecule has 1 fully saturated rings. The summed E-state index contributed by atoms with van der Waals surface area (Å²) in [5.74, 6) is -0.552. The van der Waals surface area contributed by atoms with E-state index in [0.717, 1.165) is 5.39 Å². The zero-order valence-corrected chi connectivity index (χ0v) is 17.5. The fourth-order valence-corrected chi connectivity index (χ4v) is 5.72. The molecule has 32 heavy (non-hydrogen) atoms. The number of hydrogen-bond acceptors (Lipinski definition) is 8. The molecule has 2 aromatic heterocycles. The third kappa shape index (κ3) is 3.08. The SMILES string of the molecule is N#Cc1cnc2c(Nc3ccc(F)c([C@@]4(CF)N=C(N)S[C@]5(CO)CC54)c3)nccc2c1. The predicted octanol–water partition coefficient (Wildman–Crippen LogP) is 3.36. The lowest BCUT2D eigenvalue weighted by Gasteiger charge is -2.34. The topological polar surface area (TPSA) is 120 Å². The molecule has 1 saturated carbocycles. The third-order valence-corrected chi connectivity index (χ3v) is 7.40. The number of pyridine rings is 2. The van der Waals surface area contributed by atoms with Crippen molar-refractivity contribution in [3.05, 3.63) is 59.7 Å². The van der Waals surface area contributed by atoms with Crippen molar-refractivity contribution >= 4 is 39.3 Å². The van der Waals surface area contributed by atoms with E-state index in [9.17, 15) is 13.9 Å². The van der Waals surface area contributed by atoms with Crippen LogP contribution in [0.15, 0.2) is 47.7 Å². The van der Waals surface area contributed by atoms with Gasteiger partial charge in [0, 0.05) is 34.9 Å². The molecule has 1 aliphatic carbocycles. The second-order valence-corrected chi connectivity index (χ2v) is 9.41. The summed E-state index contributed by atoms with van der Waals surface area (Å²) in [6.07, 6.45) is 3.52. The van der Waals surface area contributed by atoms with Crippen LogP contribution in [0.4, 0.5) is 20.3 Å². The van der Waals surface area contributed by atoms with Crippen LogP contribution in [0.25, 0.3) is 10.9 Å². The molecule has 0 radical (unpaired) electrons. The minimum Gasteiger partial charge on any atom is -0.395 e. The molecule has 0 amide bonds. The maximum absolute atomic E-state index is 15.0. The Bertz CT molecular complexity index is 1310. The summed E-state index contributed by atoms with van der Waals surface area (Å²) in [4.78, 5) is 13.0. The highest BCUT2D eigenvalue weighted by Crippen LogP contribution is 2.65. The number of aliphatic hydroxyl groups is 1. The van der Waals surface area contributed by atoms with Crippen LogP contribution in [-0.2, 0) is 5.54 Å². The van der Waals surface area contributed by atoms with E-state index in [1.54, 1.807) is 18.3 Å². The highest BCUT2D eigenvalue weighted by molar-refractivity contribution is 8.15. The van der Waals surface area contributed by atoms with E-state index in [4.69, 9.17) is 11.0 Å². The molecule has 10 heteroatoms. The first-order valence-corrected chi connectivity index (χ1v) is 10.7. The van der Waals surface area contributed by atoms with Gasteiger partial charge in [0.25, 0.3) is 0 Å². The zero-order chi connectivity index (χ0) is 22.5. The quantitative estimate of drug-likeness (QED) is 0.543. The molecule has 3 atom stereocenters. The highest BCUT2D eigenvalue weighted by atomic mass is 32.2. The number of fused-ring (bicyclic) bond motifs is 2. The van der Waals surface area contributed by atoms with Crippen molar-refractivity contribution < 1.29 is 13.9 Å². The average molecular weight is 452 g/mol. The van der Waals surface area contributed by atoms with Gasteiger partial charge in [-0.25, -0.2) is 18.8 Å². The van der Waals surface area contributed by atoms with E-state index >= 15 is 0 Å². The molecule has 2 aliphatic rings. The lowest BCUT2D eigenvalue weighted by molar-refractivity contribution is 0.231. The molecular weight excluding hydrogens is 434 g/mol. The number of nitriles is 1. The maximum Gasteiger partial charge on any atom is 0.156 e. The summed E-state index contributed by atoms with van der Waals surface area (Å²) in [7, 11) is 0. The Hall–Kier alpha value is -3.29. The molecule has 0 spiro atoms. The van der Waals surface area contributed by atoms with E-state index < -0.39 is 22.8 Å². The summed E-state index contributed by atoms with van der Waals surface area (Å²) in [6, 6.07) is 9.75. The number of aliphatic imine (C=N–C) groups is 1. The van der Waals surface area contributed by atoms with Crippen LogP contribution in [0.2, 0.25) is 0 Å². The summed E-state index contributed by atoms with van der Waals surface area (Å²) >= 11 is 1.22. The van der Waals surface area contributed by atoms with Gasteiger partial charge in [0.15, 0.2) is 11.0 Å². The van der Waals surface area contributed by atoms with Crippen LogP contribution in [0.5, 0.6) is 0 Å². The number of rotatable bonds is 5. The number of nitrogens with zero attached hydrogens (tertiary/aromatic N) is 4. The van der Waals surface area contributed by atoms with Crippen LogP contribution in [0.3, 0.4) is 0 Å². The van der Waals surface area contributed by atoms with E-state index in [0.29, 0.717) is 29.0 Å². The molecule has 3 heterocycles. The fourth-order valence-electron chi connectivity index (χ4n) is 4.44. The van der Waals surface area contributed by atoms with Crippen LogP contribution < -0.4 is 11.1 Å². The number of halogens is 2. The second kappa shape index (κ2) is 7.39. The minimum atomic E-state index is -1.49. The van der Waals surface area contributed by atoms with Crippen molar-refractivity contribution in [1.29, 1.82) is 5.26 Å². The maximum atomic E-state index is 15.0. The predicted molar refractivity (Wildman–Crippen MR) is 119 cm³/mol. The van der Waals surface area contributed by atoms with Crippen LogP contribution in [0, 0.1) is 23.1 Å². The normalized spacial score (nSPS) is 26.2. The Labute approximate surface area is 186 Å². The molecule has 1 unspecified atom stereocenters. The minimum absolute atomic E-state index is 0.0773. The van der Waals surface area contributed by atoms with E-state index in [1.165, 1.54) is 36.2 Å². The molecule has 0 saturated heterocycles. The van der Waals surface area contributed by atoms with Gasteiger partial charge in [0.05, 0.1) is 16.9 Å². The first-order chi connectivity index (χ1) is 15.4. The molecule has 5 rings (SSSR count). The summed E-state index contributed by atoms with van der Waals surface area (Å²) in [6.45, 7) is -1.12. The number of aromatic nitrogens is 2. The van der Waals surface area contributed by atoms with Gasteiger partial charge in [0.1, 0.15) is 29.6 Å². The van der Waals surface area contributed by atoms with Crippen molar-refractivity contribution in [2.75, 3.05) is 18.6 Å². The van der Waals surface area contributed by atoms with Gasteiger partial charge in [-0.15, -0.1) is 0 Å². The summed E-state index contributed by atoms with van der Waals surface area (Å²) in [5.41, 5.74) is 5.97. The monoisotopic (exact) mass is 452 g/mol. The second-order valence-electron chi connectivity index (χ2n) is 7.98.